The van der Waals surface area contributed by atoms with Gasteiger partial charge in [0.2, 0.25) is 0 Å². The summed E-state index contributed by atoms with van der Waals surface area (Å²) in [6, 6.07) is 7.94. The maximum atomic E-state index is 12.0. The van der Waals surface area contributed by atoms with E-state index in [1.165, 1.54) is 11.1 Å². The van der Waals surface area contributed by atoms with E-state index < -0.39 is 0 Å². The molecule has 0 amide bonds. The molecule has 98 valence electrons. The average molecular weight is 256 g/mol. The summed E-state index contributed by atoms with van der Waals surface area (Å²) < 4.78 is 10.6. The maximum Gasteiger partial charge on any atom is 0.166 e. The van der Waals surface area contributed by atoms with Crippen LogP contribution in [0.2, 0.25) is 0 Å². The van der Waals surface area contributed by atoms with Gasteiger partial charge in [-0.05, 0) is 36.6 Å². The Kier molecular flexibility index (Phi) is 3.11. The number of benzene rings is 1. The average Bonchev–Trinajstić information content (AvgIpc) is 3.03. The minimum atomic E-state index is 0.142. The zero-order chi connectivity index (χ0) is 13.2. The van der Waals surface area contributed by atoms with Crippen LogP contribution in [0.3, 0.4) is 0 Å². The van der Waals surface area contributed by atoms with E-state index in [0.29, 0.717) is 17.7 Å². The second-order valence-corrected chi connectivity index (χ2v) is 4.85. The van der Waals surface area contributed by atoms with E-state index in [1.807, 2.05) is 19.1 Å². The first kappa shape index (κ1) is 12.0. The Hall–Kier alpha value is -2.03. The Bertz CT molecular complexity index is 610. The molecule has 0 atom stereocenters. The lowest BCUT2D eigenvalue weighted by Crippen LogP contribution is -2.01. The van der Waals surface area contributed by atoms with E-state index in [2.05, 4.69) is 6.07 Å². The van der Waals surface area contributed by atoms with Crippen molar-refractivity contribution in [2.45, 2.75) is 26.2 Å². The van der Waals surface area contributed by atoms with Gasteiger partial charge in [0.15, 0.2) is 5.78 Å². The lowest BCUT2D eigenvalue weighted by Gasteiger charge is -2.04. The van der Waals surface area contributed by atoms with Gasteiger partial charge < -0.3 is 9.15 Å². The highest BCUT2D eigenvalue weighted by atomic mass is 16.5. The number of ether oxygens (including phenoxy) is 1. The summed E-state index contributed by atoms with van der Waals surface area (Å²) >= 11 is 0. The summed E-state index contributed by atoms with van der Waals surface area (Å²) in [6.07, 6.45) is 3.81. The SMILES string of the molecule is Cc1occc1C(=O)CCc1ccc2c(c1)CCO2. The second kappa shape index (κ2) is 4.92. The third kappa shape index (κ3) is 2.41. The van der Waals surface area contributed by atoms with Crippen LogP contribution in [0.4, 0.5) is 0 Å². The number of Topliss-reactive ketones (excluding diaryl/α,β-unsaturated/α-hetero) is 1. The minimum absolute atomic E-state index is 0.142. The van der Waals surface area contributed by atoms with Crippen molar-refractivity contribution in [2.24, 2.45) is 0 Å². The van der Waals surface area contributed by atoms with Gasteiger partial charge >= 0.3 is 0 Å². The predicted molar refractivity (Wildman–Crippen MR) is 71.7 cm³/mol. The number of carbonyl (C=O) groups excluding carboxylic acids is 1. The summed E-state index contributed by atoms with van der Waals surface area (Å²) in [7, 11) is 0. The minimum Gasteiger partial charge on any atom is -0.493 e. The molecule has 3 heteroatoms. The van der Waals surface area contributed by atoms with Crippen molar-refractivity contribution >= 4 is 5.78 Å². The van der Waals surface area contributed by atoms with Crippen molar-refractivity contribution in [1.29, 1.82) is 0 Å². The standard InChI is InChI=1S/C16H16O3/c1-11-14(7-9-18-11)15(17)4-2-12-3-5-16-13(10-12)6-8-19-16/h3,5,7,9-10H,2,4,6,8H2,1H3. The normalized spacial score (nSPS) is 13.1. The lowest BCUT2D eigenvalue weighted by molar-refractivity contribution is 0.0981. The van der Waals surface area contributed by atoms with Crippen LogP contribution in [-0.2, 0) is 12.8 Å². The Morgan fingerprint density at radius 3 is 3.00 bits per heavy atom. The lowest BCUT2D eigenvalue weighted by atomic mass is 10.0. The molecule has 0 saturated carbocycles. The fourth-order valence-electron chi connectivity index (χ4n) is 2.46. The number of ketones is 1. The van der Waals surface area contributed by atoms with Gasteiger partial charge in [0.25, 0.3) is 0 Å². The molecular formula is C16H16O3. The van der Waals surface area contributed by atoms with Crippen LogP contribution < -0.4 is 4.74 Å². The van der Waals surface area contributed by atoms with Crippen LogP contribution in [0.5, 0.6) is 5.75 Å². The van der Waals surface area contributed by atoms with E-state index in [-0.39, 0.29) is 5.78 Å². The molecule has 1 aliphatic rings. The molecular weight excluding hydrogens is 240 g/mol. The van der Waals surface area contributed by atoms with Crippen molar-refractivity contribution in [3.63, 3.8) is 0 Å². The Morgan fingerprint density at radius 1 is 1.32 bits per heavy atom. The Balaban J connectivity index is 1.66. The van der Waals surface area contributed by atoms with Gasteiger partial charge in [-0.2, -0.15) is 0 Å². The van der Waals surface area contributed by atoms with Crippen LogP contribution in [-0.4, -0.2) is 12.4 Å². The van der Waals surface area contributed by atoms with Gasteiger partial charge in [-0.1, -0.05) is 12.1 Å². The molecule has 19 heavy (non-hydrogen) atoms. The largest absolute Gasteiger partial charge is 0.493 e. The van der Waals surface area contributed by atoms with Crippen molar-refractivity contribution < 1.29 is 13.9 Å². The summed E-state index contributed by atoms with van der Waals surface area (Å²) in [5.74, 6) is 1.83. The molecule has 0 fully saturated rings. The van der Waals surface area contributed by atoms with E-state index in [0.717, 1.165) is 25.2 Å². The van der Waals surface area contributed by atoms with E-state index in [9.17, 15) is 4.79 Å². The fraction of sp³-hybridized carbons (Fsp3) is 0.312. The van der Waals surface area contributed by atoms with Crippen molar-refractivity contribution in [3.8, 4) is 5.75 Å². The Labute approximate surface area is 112 Å². The molecule has 0 radical (unpaired) electrons. The van der Waals surface area contributed by atoms with Gasteiger partial charge in [-0.3, -0.25) is 4.79 Å². The first-order valence-electron chi connectivity index (χ1n) is 6.56. The van der Waals surface area contributed by atoms with Crippen LogP contribution in [0, 0.1) is 6.92 Å². The zero-order valence-corrected chi connectivity index (χ0v) is 10.9. The number of hydrogen-bond acceptors (Lipinski definition) is 3. The molecule has 2 heterocycles. The van der Waals surface area contributed by atoms with E-state index >= 15 is 0 Å². The summed E-state index contributed by atoms with van der Waals surface area (Å²) in [5.41, 5.74) is 3.15. The number of furan rings is 1. The highest BCUT2D eigenvalue weighted by Gasteiger charge is 2.14. The molecule has 0 N–H and O–H groups in total. The first-order valence-corrected chi connectivity index (χ1v) is 6.56. The Morgan fingerprint density at radius 2 is 2.21 bits per heavy atom. The smallest absolute Gasteiger partial charge is 0.166 e. The molecule has 1 aliphatic heterocycles. The van der Waals surface area contributed by atoms with E-state index in [4.69, 9.17) is 9.15 Å². The third-order valence-electron chi connectivity index (χ3n) is 3.55. The van der Waals surface area contributed by atoms with Gasteiger partial charge in [-0.25, -0.2) is 0 Å². The summed E-state index contributed by atoms with van der Waals surface area (Å²) in [6.45, 7) is 2.59. The highest BCUT2D eigenvalue weighted by molar-refractivity contribution is 5.96. The summed E-state index contributed by atoms with van der Waals surface area (Å²) in [4.78, 5) is 12.0. The van der Waals surface area contributed by atoms with Crippen molar-refractivity contribution in [3.05, 3.63) is 53.0 Å². The first-order chi connectivity index (χ1) is 9.24. The summed E-state index contributed by atoms with van der Waals surface area (Å²) in [5, 5.41) is 0. The van der Waals surface area contributed by atoms with Crippen molar-refractivity contribution in [1.82, 2.24) is 0 Å². The molecule has 0 bridgehead atoms. The third-order valence-corrected chi connectivity index (χ3v) is 3.55. The molecule has 1 aromatic carbocycles. The fourth-order valence-corrected chi connectivity index (χ4v) is 2.46. The molecule has 3 nitrogen and oxygen atoms in total. The number of hydrogen-bond donors (Lipinski definition) is 0. The van der Waals surface area contributed by atoms with Gasteiger partial charge in [-0.15, -0.1) is 0 Å². The predicted octanol–water partition coefficient (Wildman–Crippen LogP) is 3.34. The van der Waals surface area contributed by atoms with Crippen LogP contribution >= 0.6 is 0 Å². The quantitative estimate of drug-likeness (QED) is 0.788. The van der Waals surface area contributed by atoms with Gasteiger partial charge in [0, 0.05) is 12.8 Å². The highest BCUT2D eigenvalue weighted by Crippen LogP contribution is 2.26. The molecule has 2 aromatic rings. The van der Waals surface area contributed by atoms with Gasteiger partial charge in [0.1, 0.15) is 11.5 Å². The molecule has 3 rings (SSSR count). The molecule has 0 spiro atoms. The molecule has 0 aliphatic carbocycles. The van der Waals surface area contributed by atoms with Crippen LogP contribution in [0.15, 0.2) is 34.9 Å². The molecule has 0 unspecified atom stereocenters. The van der Waals surface area contributed by atoms with Crippen molar-refractivity contribution in [2.75, 3.05) is 6.61 Å². The van der Waals surface area contributed by atoms with E-state index in [1.54, 1.807) is 12.3 Å². The maximum absolute atomic E-state index is 12.0. The number of aryl methyl sites for hydroxylation is 2. The van der Waals surface area contributed by atoms with Crippen LogP contribution in [0.25, 0.3) is 0 Å². The van der Waals surface area contributed by atoms with Gasteiger partial charge in [0.05, 0.1) is 18.4 Å². The molecule has 0 saturated heterocycles. The second-order valence-electron chi connectivity index (χ2n) is 4.85. The number of fused-ring (bicyclic) bond motifs is 1. The number of carbonyl (C=O) groups is 1. The topological polar surface area (TPSA) is 39.4 Å². The monoisotopic (exact) mass is 256 g/mol. The zero-order valence-electron chi connectivity index (χ0n) is 10.9. The number of rotatable bonds is 4. The molecule has 1 aromatic heterocycles. The van der Waals surface area contributed by atoms with Crippen LogP contribution in [0.1, 0.15) is 33.7 Å².